The van der Waals surface area contributed by atoms with Crippen molar-refractivity contribution in [2.45, 2.75) is 25.8 Å². The van der Waals surface area contributed by atoms with Gasteiger partial charge in [0, 0.05) is 25.0 Å². The van der Waals surface area contributed by atoms with Gasteiger partial charge in [-0.15, -0.1) is 0 Å². The van der Waals surface area contributed by atoms with E-state index in [9.17, 15) is 4.39 Å². The van der Waals surface area contributed by atoms with E-state index in [0.29, 0.717) is 17.2 Å². The molecular formula is C20H20FN7O. The zero-order valence-electron chi connectivity index (χ0n) is 16.2. The maximum absolute atomic E-state index is 14.5. The molecule has 5 heterocycles. The third-order valence-corrected chi connectivity index (χ3v) is 5.21. The Hall–Kier alpha value is -3.49. The van der Waals surface area contributed by atoms with Crippen LogP contribution in [0.5, 0.6) is 5.88 Å². The maximum atomic E-state index is 14.5. The van der Waals surface area contributed by atoms with Crippen molar-refractivity contribution >= 4 is 11.5 Å². The van der Waals surface area contributed by atoms with Crippen LogP contribution in [0.4, 0.5) is 10.2 Å². The zero-order chi connectivity index (χ0) is 20.0. The molecule has 0 unspecified atom stereocenters. The number of hydrogen-bond acceptors (Lipinski definition) is 6. The van der Waals surface area contributed by atoms with Crippen LogP contribution in [0.1, 0.15) is 30.1 Å². The zero-order valence-corrected chi connectivity index (χ0v) is 16.2. The summed E-state index contributed by atoms with van der Waals surface area (Å²) in [5.74, 6) is 0.833. The van der Waals surface area contributed by atoms with E-state index in [4.69, 9.17) is 9.72 Å². The molecule has 0 saturated carbocycles. The van der Waals surface area contributed by atoms with Crippen molar-refractivity contribution in [1.82, 2.24) is 29.4 Å². The maximum Gasteiger partial charge on any atom is 0.213 e. The first-order valence-corrected chi connectivity index (χ1v) is 9.47. The van der Waals surface area contributed by atoms with Gasteiger partial charge in [0.25, 0.3) is 0 Å². The van der Waals surface area contributed by atoms with Crippen LogP contribution in [-0.4, -0.2) is 43.0 Å². The second-order valence-electron chi connectivity index (χ2n) is 7.12. The summed E-state index contributed by atoms with van der Waals surface area (Å²) in [6.45, 7) is 2.76. The summed E-state index contributed by atoms with van der Waals surface area (Å²) in [6, 6.07) is 4.64. The molecule has 5 rings (SSSR count). The number of aromatic nitrogens is 6. The second kappa shape index (κ2) is 6.84. The molecule has 1 aliphatic heterocycles. The van der Waals surface area contributed by atoms with Crippen molar-refractivity contribution in [2.24, 2.45) is 0 Å². The molecule has 1 fully saturated rings. The van der Waals surface area contributed by atoms with Gasteiger partial charge in [-0.1, -0.05) is 0 Å². The predicted octanol–water partition coefficient (Wildman–Crippen LogP) is 3.11. The third-order valence-electron chi connectivity index (χ3n) is 5.21. The Morgan fingerprint density at radius 1 is 1.14 bits per heavy atom. The van der Waals surface area contributed by atoms with Crippen LogP contribution < -0.4 is 9.64 Å². The van der Waals surface area contributed by atoms with Crippen molar-refractivity contribution in [2.75, 3.05) is 18.6 Å². The molecular weight excluding hydrogens is 373 g/mol. The van der Waals surface area contributed by atoms with Gasteiger partial charge in [-0.05, 0) is 37.5 Å². The Kier molecular flexibility index (Phi) is 4.15. The number of pyridine rings is 1. The molecule has 0 N–H and O–H groups in total. The molecule has 4 aromatic rings. The van der Waals surface area contributed by atoms with Crippen LogP contribution in [0.25, 0.3) is 11.3 Å². The minimum absolute atomic E-state index is 0.196. The molecule has 0 bridgehead atoms. The lowest BCUT2D eigenvalue weighted by molar-refractivity contribution is 0.391. The highest BCUT2D eigenvalue weighted by Crippen LogP contribution is 2.36. The van der Waals surface area contributed by atoms with E-state index in [2.05, 4.69) is 20.1 Å². The largest absolute Gasteiger partial charge is 0.481 e. The van der Waals surface area contributed by atoms with Gasteiger partial charge < -0.3 is 9.64 Å². The lowest BCUT2D eigenvalue weighted by atomic mass is 10.1. The topological polar surface area (TPSA) is 73.4 Å². The quantitative estimate of drug-likeness (QED) is 0.530. The van der Waals surface area contributed by atoms with Crippen LogP contribution in [0, 0.1) is 12.7 Å². The van der Waals surface area contributed by atoms with Crippen LogP contribution in [-0.2, 0) is 0 Å². The highest BCUT2D eigenvalue weighted by atomic mass is 19.1. The van der Waals surface area contributed by atoms with E-state index in [0.717, 1.165) is 36.5 Å². The van der Waals surface area contributed by atoms with Crippen molar-refractivity contribution in [3.63, 3.8) is 0 Å². The van der Waals surface area contributed by atoms with Crippen LogP contribution in [0.3, 0.4) is 0 Å². The van der Waals surface area contributed by atoms with E-state index < -0.39 is 0 Å². The molecule has 1 atom stereocenters. The summed E-state index contributed by atoms with van der Waals surface area (Å²) in [7, 11) is 1.53. The minimum Gasteiger partial charge on any atom is -0.481 e. The van der Waals surface area contributed by atoms with Gasteiger partial charge in [-0.3, -0.25) is 0 Å². The van der Waals surface area contributed by atoms with E-state index in [-0.39, 0.29) is 11.9 Å². The Morgan fingerprint density at radius 2 is 2.03 bits per heavy atom. The van der Waals surface area contributed by atoms with Gasteiger partial charge in [0.2, 0.25) is 5.88 Å². The molecule has 0 spiro atoms. The van der Waals surface area contributed by atoms with Crippen LogP contribution in [0.2, 0.25) is 0 Å². The number of anilines is 1. The monoisotopic (exact) mass is 393 g/mol. The molecule has 29 heavy (non-hydrogen) atoms. The lowest BCUT2D eigenvalue weighted by Crippen LogP contribution is -2.25. The Labute approximate surface area is 166 Å². The molecule has 148 valence electrons. The Bertz CT molecular complexity index is 1180. The molecule has 1 aliphatic rings. The van der Waals surface area contributed by atoms with Gasteiger partial charge in [-0.2, -0.15) is 10.2 Å². The number of rotatable bonds is 4. The first-order chi connectivity index (χ1) is 14.1. The Balaban J connectivity index is 1.56. The second-order valence-corrected chi connectivity index (χ2v) is 7.12. The van der Waals surface area contributed by atoms with Crippen molar-refractivity contribution in [3.8, 4) is 11.6 Å². The SMILES string of the molecule is COc1ccc(F)c([C@H]2CCCN2c2ccn3ncc(-n4cc(C)cn4)c3n2)n1. The van der Waals surface area contributed by atoms with Gasteiger partial charge in [0.15, 0.2) is 5.65 Å². The molecule has 0 aromatic carbocycles. The fraction of sp³-hybridized carbons (Fsp3) is 0.300. The highest BCUT2D eigenvalue weighted by molar-refractivity contribution is 5.61. The summed E-state index contributed by atoms with van der Waals surface area (Å²) < 4.78 is 23.2. The van der Waals surface area contributed by atoms with E-state index in [1.54, 1.807) is 21.6 Å². The van der Waals surface area contributed by atoms with Crippen molar-refractivity contribution in [3.05, 3.63) is 60.1 Å². The number of ether oxygens (including phenoxy) is 1. The highest BCUT2D eigenvalue weighted by Gasteiger charge is 2.31. The number of fused-ring (bicyclic) bond motifs is 1. The van der Waals surface area contributed by atoms with Crippen LogP contribution >= 0.6 is 0 Å². The fourth-order valence-electron chi connectivity index (χ4n) is 3.83. The van der Waals surface area contributed by atoms with E-state index in [1.807, 2.05) is 25.4 Å². The summed E-state index contributed by atoms with van der Waals surface area (Å²) in [5, 5.41) is 8.74. The fourth-order valence-corrected chi connectivity index (χ4v) is 3.83. The summed E-state index contributed by atoms with van der Waals surface area (Å²) >= 11 is 0. The summed E-state index contributed by atoms with van der Waals surface area (Å²) in [5.41, 5.74) is 2.93. The average molecular weight is 393 g/mol. The first kappa shape index (κ1) is 17.6. The lowest BCUT2D eigenvalue weighted by Gasteiger charge is -2.25. The molecule has 0 aliphatic carbocycles. The molecule has 9 heteroatoms. The predicted molar refractivity (Wildman–Crippen MR) is 105 cm³/mol. The minimum atomic E-state index is -0.333. The molecule has 1 saturated heterocycles. The van der Waals surface area contributed by atoms with Gasteiger partial charge >= 0.3 is 0 Å². The standard InChI is InChI=1S/C20H20FN7O/c1-13-10-22-28(12-13)16-11-23-27-9-7-17(24-20(16)27)26-8-3-4-15(26)19-14(21)5-6-18(25-19)29-2/h5-7,9-12,15H,3-4,8H2,1-2H3/t15-/m1/s1. The van der Waals surface area contributed by atoms with E-state index >= 15 is 0 Å². The van der Waals surface area contributed by atoms with E-state index in [1.165, 1.54) is 19.2 Å². The van der Waals surface area contributed by atoms with Crippen molar-refractivity contribution in [1.29, 1.82) is 0 Å². The van der Waals surface area contributed by atoms with Gasteiger partial charge in [0.05, 0.1) is 25.5 Å². The molecule has 0 radical (unpaired) electrons. The van der Waals surface area contributed by atoms with Crippen LogP contribution in [0.15, 0.2) is 43.0 Å². The molecule has 8 nitrogen and oxygen atoms in total. The third kappa shape index (κ3) is 2.98. The number of methoxy groups -OCH3 is 1. The number of aryl methyl sites for hydroxylation is 1. The van der Waals surface area contributed by atoms with Gasteiger partial charge in [0.1, 0.15) is 23.0 Å². The Morgan fingerprint density at radius 3 is 2.83 bits per heavy atom. The number of hydrogen-bond donors (Lipinski definition) is 0. The molecule has 4 aromatic heterocycles. The number of nitrogens with zero attached hydrogens (tertiary/aromatic N) is 7. The van der Waals surface area contributed by atoms with Crippen molar-refractivity contribution < 1.29 is 9.13 Å². The number of halogens is 1. The average Bonchev–Trinajstić information content (AvgIpc) is 3.46. The smallest absolute Gasteiger partial charge is 0.213 e. The normalized spacial score (nSPS) is 16.7. The van der Waals surface area contributed by atoms with Gasteiger partial charge in [-0.25, -0.2) is 23.6 Å². The summed E-state index contributed by atoms with van der Waals surface area (Å²) in [6.07, 6.45) is 9.06. The first-order valence-electron chi connectivity index (χ1n) is 9.47. The molecule has 0 amide bonds. The summed E-state index contributed by atoms with van der Waals surface area (Å²) in [4.78, 5) is 11.3.